The van der Waals surface area contributed by atoms with E-state index in [1.165, 1.54) is 0 Å². The van der Waals surface area contributed by atoms with Crippen LogP contribution in [0.15, 0.2) is 24.8 Å². The molecule has 1 saturated carbocycles. The lowest BCUT2D eigenvalue weighted by molar-refractivity contribution is -0.140. The molecule has 3 aliphatic rings. The highest BCUT2D eigenvalue weighted by Crippen LogP contribution is 2.63. The van der Waals surface area contributed by atoms with E-state index in [1.54, 1.807) is 0 Å². The number of amides is 1. The predicted molar refractivity (Wildman–Crippen MR) is 106 cm³/mol. The number of carbonyl (C=O) groups is 1. The Morgan fingerprint density at radius 2 is 2.12 bits per heavy atom. The molecule has 140 valence electrons. The summed E-state index contributed by atoms with van der Waals surface area (Å²) < 4.78 is 6.71. The zero-order valence-electron chi connectivity index (χ0n) is 17.0. The average molecular weight is 362 g/mol. The van der Waals surface area contributed by atoms with Crippen molar-refractivity contribution in [3.63, 3.8) is 0 Å². The minimum Gasteiger partial charge on any atom is -0.416 e. The monoisotopic (exact) mass is 361 g/mol. The van der Waals surface area contributed by atoms with E-state index in [1.807, 2.05) is 18.0 Å². The molecule has 0 radical (unpaired) electrons. The third-order valence-electron chi connectivity index (χ3n) is 8.32. The van der Waals surface area contributed by atoms with E-state index < -0.39 is 8.32 Å². The molecule has 0 aromatic carbocycles. The molecule has 1 amide bonds. The van der Waals surface area contributed by atoms with Gasteiger partial charge in [0, 0.05) is 37.5 Å². The quantitative estimate of drug-likeness (QED) is 0.516. The van der Waals surface area contributed by atoms with Crippen molar-refractivity contribution >= 4 is 14.2 Å². The van der Waals surface area contributed by atoms with Crippen LogP contribution < -0.4 is 0 Å². The van der Waals surface area contributed by atoms with Crippen molar-refractivity contribution in [2.24, 2.45) is 29.1 Å². The van der Waals surface area contributed by atoms with E-state index in [-0.39, 0.29) is 28.3 Å². The van der Waals surface area contributed by atoms with Crippen molar-refractivity contribution in [3.8, 4) is 0 Å². The number of carbonyl (C=O) groups excluding carboxylic acids is 1. The Bertz CT molecular complexity index is 609. The van der Waals surface area contributed by atoms with Crippen molar-refractivity contribution in [3.05, 3.63) is 24.8 Å². The average Bonchev–Trinajstić information content (AvgIpc) is 2.83. The molecule has 1 saturated heterocycles. The number of nitrogens with zero attached hydrogens (tertiary/aromatic N) is 1. The largest absolute Gasteiger partial charge is 0.416 e. The summed E-state index contributed by atoms with van der Waals surface area (Å²) in [4.78, 5) is 14.9. The van der Waals surface area contributed by atoms with E-state index >= 15 is 0 Å². The van der Waals surface area contributed by atoms with Gasteiger partial charge < -0.3 is 9.33 Å². The zero-order chi connectivity index (χ0) is 18.8. The van der Waals surface area contributed by atoms with Gasteiger partial charge in [-0.2, -0.15) is 0 Å². The number of hydrogen-bond donors (Lipinski definition) is 0. The summed E-state index contributed by atoms with van der Waals surface area (Å²) in [5.41, 5.74) is -0.387. The first-order valence-electron chi connectivity index (χ1n) is 9.74. The third-order valence-corrected chi connectivity index (χ3v) is 12.9. The highest BCUT2D eigenvalue weighted by Gasteiger charge is 2.70. The minimum absolute atomic E-state index is 0.216. The van der Waals surface area contributed by atoms with Crippen molar-refractivity contribution in [1.29, 1.82) is 0 Å². The summed E-state index contributed by atoms with van der Waals surface area (Å²) in [5.74, 6) is 1.87. The molecule has 0 spiro atoms. The highest BCUT2D eigenvalue weighted by molar-refractivity contribution is 6.74. The van der Waals surface area contributed by atoms with Crippen LogP contribution in [-0.4, -0.2) is 38.8 Å². The second kappa shape index (κ2) is 5.82. The maximum atomic E-state index is 12.9. The van der Waals surface area contributed by atoms with Gasteiger partial charge in [0.1, 0.15) is 0 Å². The molecule has 4 bridgehead atoms. The minimum atomic E-state index is -1.86. The molecule has 3 nitrogen and oxygen atoms in total. The molecule has 2 aliphatic carbocycles. The van der Waals surface area contributed by atoms with Gasteiger partial charge in [-0.1, -0.05) is 45.9 Å². The van der Waals surface area contributed by atoms with Crippen LogP contribution in [0.4, 0.5) is 0 Å². The summed E-state index contributed by atoms with van der Waals surface area (Å²) in [7, 11) is 0.113. The smallest absolute Gasteiger partial charge is 0.233 e. The summed E-state index contributed by atoms with van der Waals surface area (Å²) in [6.45, 7) is 18.8. The van der Waals surface area contributed by atoms with Gasteiger partial charge in [-0.05, 0) is 30.5 Å². The number of hydrogen-bond acceptors (Lipinski definition) is 2. The van der Waals surface area contributed by atoms with E-state index in [9.17, 15) is 4.79 Å². The summed E-state index contributed by atoms with van der Waals surface area (Å²) >= 11 is 0. The van der Waals surface area contributed by atoms with Crippen molar-refractivity contribution < 1.29 is 9.22 Å². The van der Waals surface area contributed by atoms with Crippen LogP contribution in [0.5, 0.6) is 0 Å². The molecule has 0 aromatic heterocycles. The molecule has 1 aliphatic heterocycles. The molecule has 1 heterocycles. The van der Waals surface area contributed by atoms with Crippen molar-refractivity contribution in [1.82, 2.24) is 4.90 Å². The van der Waals surface area contributed by atoms with E-state index in [0.717, 1.165) is 13.0 Å². The normalized spacial score (nSPS) is 37.3. The molecule has 0 N–H and O–H groups in total. The molecule has 2 fully saturated rings. The lowest BCUT2D eigenvalue weighted by atomic mass is 9.67. The molecular formula is C21H35NO2Si. The van der Waals surface area contributed by atoms with Crippen molar-refractivity contribution in [2.75, 3.05) is 13.7 Å². The van der Waals surface area contributed by atoms with Crippen LogP contribution in [0.2, 0.25) is 18.1 Å². The second-order valence-corrected chi connectivity index (χ2v) is 14.3. The SMILES string of the molecule is C=C[C@]12C(=O)N(C)[C@@H]3[C@@H](CO[Si](C)(C)C(C)(C)C(C)C)[C@H]1C=CC[C@@H]32. The van der Waals surface area contributed by atoms with Gasteiger partial charge in [-0.25, -0.2) is 0 Å². The Morgan fingerprint density at radius 3 is 2.64 bits per heavy atom. The Kier molecular flexibility index (Phi) is 4.40. The molecule has 0 aromatic rings. The zero-order valence-corrected chi connectivity index (χ0v) is 18.0. The lowest BCUT2D eigenvalue weighted by Crippen LogP contribution is -2.51. The number of likely N-dealkylation sites (tertiary alicyclic amines) is 1. The molecule has 5 atom stereocenters. The topological polar surface area (TPSA) is 29.5 Å². The van der Waals surface area contributed by atoms with Crippen LogP contribution >= 0.6 is 0 Å². The maximum Gasteiger partial charge on any atom is 0.233 e. The Balaban J connectivity index is 1.85. The Morgan fingerprint density at radius 1 is 1.48 bits per heavy atom. The molecule has 0 unspecified atom stereocenters. The molecular weight excluding hydrogens is 326 g/mol. The van der Waals surface area contributed by atoms with Gasteiger partial charge in [-0.3, -0.25) is 4.79 Å². The van der Waals surface area contributed by atoms with Crippen LogP contribution in [0, 0.1) is 29.1 Å². The Labute approximate surface area is 154 Å². The van der Waals surface area contributed by atoms with E-state index in [2.05, 4.69) is 59.5 Å². The van der Waals surface area contributed by atoms with E-state index in [4.69, 9.17) is 4.43 Å². The number of allylic oxidation sites excluding steroid dienone is 2. The first-order chi connectivity index (χ1) is 11.5. The van der Waals surface area contributed by atoms with Crippen LogP contribution in [0.25, 0.3) is 0 Å². The molecule has 4 heteroatoms. The van der Waals surface area contributed by atoms with Gasteiger partial charge in [-0.15, -0.1) is 6.58 Å². The first-order valence-corrected chi connectivity index (χ1v) is 12.6. The summed E-state index contributed by atoms with van der Waals surface area (Å²) in [6.07, 6.45) is 7.49. The van der Waals surface area contributed by atoms with Gasteiger partial charge >= 0.3 is 0 Å². The Hall–Kier alpha value is -0.873. The standard InChI is InChI=1S/C21H35NO2Si/c1-9-21-16-11-10-12-17(21)18(22(6)19(21)23)15(16)13-24-25(7,8)20(4,5)14(2)3/h9-11,14-18H,1,12-13H2,2-8H3/t15-,16+,17-,18+,21-/m0/s1. The van der Waals surface area contributed by atoms with Crippen LogP contribution in [0.3, 0.4) is 0 Å². The van der Waals surface area contributed by atoms with Crippen LogP contribution in [-0.2, 0) is 9.22 Å². The fourth-order valence-electron chi connectivity index (χ4n) is 5.46. The van der Waals surface area contributed by atoms with Crippen molar-refractivity contribution in [2.45, 2.75) is 58.3 Å². The highest BCUT2D eigenvalue weighted by atomic mass is 28.4. The molecule has 3 rings (SSSR count). The van der Waals surface area contributed by atoms with Gasteiger partial charge in [0.25, 0.3) is 0 Å². The van der Waals surface area contributed by atoms with Gasteiger partial charge in [0.2, 0.25) is 5.91 Å². The lowest BCUT2D eigenvalue weighted by Gasteiger charge is -2.45. The van der Waals surface area contributed by atoms with Gasteiger partial charge in [0.15, 0.2) is 8.32 Å². The summed E-state index contributed by atoms with van der Waals surface area (Å²) in [5, 5.41) is 0.216. The maximum absolute atomic E-state index is 12.9. The third kappa shape index (κ3) is 2.29. The second-order valence-electron chi connectivity index (χ2n) is 9.70. The van der Waals surface area contributed by atoms with E-state index in [0.29, 0.717) is 17.8 Å². The predicted octanol–water partition coefficient (Wildman–Crippen LogP) is 4.48. The number of rotatable bonds is 6. The molecule has 25 heavy (non-hydrogen) atoms. The van der Waals surface area contributed by atoms with Gasteiger partial charge in [0.05, 0.1) is 5.41 Å². The summed E-state index contributed by atoms with van der Waals surface area (Å²) in [6, 6.07) is 0.289. The number of piperidine rings is 1. The van der Waals surface area contributed by atoms with Crippen LogP contribution in [0.1, 0.15) is 34.1 Å². The first kappa shape index (κ1) is 18.9. The fraction of sp³-hybridized carbons (Fsp3) is 0.762. The fourth-order valence-corrected chi connectivity index (χ4v) is 7.84.